The van der Waals surface area contributed by atoms with Crippen molar-refractivity contribution in [3.8, 4) is 0 Å². The maximum atomic E-state index is 12.2. The van der Waals surface area contributed by atoms with Gasteiger partial charge in [0.15, 0.2) is 0 Å². The normalized spacial score (nSPS) is 28.4. The van der Waals surface area contributed by atoms with Crippen molar-refractivity contribution in [2.24, 2.45) is 5.92 Å². The number of piperazine rings is 1. The van der Waals surface area contributed by atoms with Gasteiger partial charge in [0.2, 0.25) is 5.91 Å². The summed E-state index contributed by atoms with van der Waals surface area (Å²) < 4.78 is 0. The molecule has 0 radical (unpaired) electrons. The summed E-state index contributed by atoms with van der Waals surface area (Å²) in [5.74, 6) is 0.983. The lowest BCUT2D eigenvalue weighted by molar-refractivity contribution is -0.133. The van der Waals surface area contributed by atoms with Crippen molar-refractivity contribution in [2.45, 2.75) is 32.2 Å². The molecule has 1 amide bonds. The Bertz CT molecular complexity index is 261. The van der Waals surface area contributed by atoms with E-state index in [9.17, 15) is 4.79 Å². The zero-order chi connectivity index (χ0) is 12.3. The highest BCUT2D eigenvalue weighted by Crippen LogP contribution is 2.20. The summed E-state index contributed by atoms with van der Waals surface area (Å²) in [5.41, 5.74) is 0. The minimum absolute atomic E-state index is 0.368. The van der Waals surface area contributed by atoms with Crippen LogP contribution in [0.15, 0.2) is 0 Å². The van der Waals surface area contributed by atoms with E-state index in [1.165, 1.54) is 12.8 Å². The summed E-state index contributed by atoms with van der Waals surface area (Å²) >= 11 is 0. The van der Waals surface area contributed by atoms with Crippen LogP contribution in [0.2, 0.25) is 0 Å². The van der Waals surface area contributed by atoms with Gasteiger partial charge in [-0.1, -0.05) is 0 Å². The van der Waals surface area contributed by atoms with Crippen LogP contribution in [0.5, 0.6) is 0 Å². The Morgan fingerprint density at radius 1 is 1.29 bits per heavy atom. The Morgan fingerprint density at radius 2 is 2.00 bits per heavy atom. The van der Waals surface area contributed by atoms with Crippen molar-refractivity contribution in [1.29, 1.82) is 0 Å². The molecular weight excluding hydrogens is 214 g/mol. The average molecular weight is 239 g/mol. The van der Waals surface area contributed by atoms with Crippen LogP contribution in [0.4, 0.5) is 0 Å². The Hall–Kier alpha value is -0.610. The molecule has 4 nitrogen and oxygen atoms in total. The number of nitrogens with zero attached hydrogens (tertiary/aromatic N) is 2. The topological polar surface area (TPSA) is 35.6 Å². The van der Waals surface area contributed by atoms with Gasteiger partial charge in [0.25, 0.3) is 0 Å². The van der Waals surface area contributed by atoms with E-state index in [4.69, 9.17) is 0 Å². The van der Waals surface area contributed by atoms with Crippen LogP contribution >= 0.6 is 0 Å². The summed E-state index contributed by atoms with van der Waals surface area (Å²) in [6.07, 6.45) is 3.13. The third-order valence-electron chi connectivity index (χ3n) is 4.02. The maximum absolute atomic E-state index is 12.2. The molecule has 17 heavy (non-hydrogen) atoms. The molecule has 98 valence electrons. The van der Waals surface area contributed by atoms with Gasteiger partial charge in [0.1, 0.15) is 0 Å². The predicted molar refractivity (Wildman–Crippen MR) is 68.9 cm³/mol. The number of hydrogen-bond acceptors (Lipinski definition) is 3. The quantitative estimate of drug-likeness (QED) is 0.764. The Balaban J connectivity index is 1.76. The van der Waals surface area contributed by atoms with Gasteiger partial charge in [-0.2, -0.15) is 0 Å². The molecule has 2 fully saturated rings. The van der Waals surface area contributed by atoms with Gasteiger partial charge in [0.05, 0.1) is 0 Å². The number of piperidine rings is 1. The number of carbonyl (C=O) groups is 1. The average Bonchev–Trinajstić information content (AvgIpc) is 2.32. The first kappa shape index (κ1) is 12.8. The standard InChI is InChI=1S/C13H25N3O/c1-11-10-16(8-5-14-11)13(17)9-12-3-6-15(2)7-4-12/h11-12,14H,3-10H2,1-2H3. The molecule has 0 spiro atoms. The second-order valence-corrected chi connectivity index (χ2v) is 5.65. The maximum Gasteiger partial charge on any atom is 0.222 e. The molecule has 0 saturated carbocycles. The fourth-order valence-corrected chi connectivity index (χ4v) is 2.80. The van der Waals surface area contributed by atoms with Crippen LogP contribution in [-0.2, 0) is 4.79 Å². The van der Waals surface area contributed by atoms with Gasteiger partial charge in [-0.25, -0.2) is 0 Å². The number of carbonyl (C=O) groups excluding carboxylic acids is 1. The third-order valence-corrected chi connectivity index (χ3v) is 4.02. The van der Waals surface area contributed by atoms with Gasteiger partial charge in [-0.3, -0.25) is 4.79 Å². The van der Waals surface area contributed by atoms with E-state index in [2.05, 4.69) is 24.2 Å². The first-order chi connectivity index (χ1) is 8.15. The molecule has 0 bridgehead atoms. The molecule has 1 N–H and O–H groups in total. The lowest BCUT2D eigenvalue weighted by Gasteiger charge is -2.34. The van der Waals surface area contributed by atoms with E-state index in [1.54, 1.807) is 0 Å². The first-order valence-corrected chi connectivity index (χ1v) is 6.85. The van der Waals surface area contributed by atoms with Crippen molar-refractivity contribution in [2.75, 3.05) is 39.8 Å². The van der Waals surface area contributed by atoms with Crippen molar-refractivity contribution < 1.29 is 4.79 Å². The summed E-state index contributed by atoms with van der Waals surface area (Å²) in [5, 5.41) is 3.38. The highest BCUT2D eigenvalue weighted by molar-refractivity contribution is 5.76. The monoisotopic (exact) mass is 239 g/mol. The summed E-state index contributed by atoms with van der Waals surface area (Å²) in [7, 11) is 2.16. The van der Waals surface area contributed by atoms with Crippen LogP contribution in [0.25, 0.3) is 0 Å². The second kappa shape index (κ2) is 5.83. The van der Waals surface area contributed by atoms with Crippen molar-refractivity contribution in [3.05, 3.63) is 0 Å². The molecule has 4 heteroatoms. The second-order valence-electron chi connectivity index (χ2n) is 5.65. The van der Waals surface area contributed by atoms with Gasteiger partial charge in [-0.15, -0.1) is 0 Å². The van der Waals surface area contributed by atoms with Gasteiger partial charge < -0.3 is 15.1 Å². The molecule has 0 aromatic carbocycles. The van der Waals surface area contributed by atoms with Crippen molar-refractivity contribution in [1.82, 2.24) is 15.1 Å². The molecule has 1 unspecified atom stereocenters. The van der Waals surface area contributed by atoms with Crippen molar-refractivity contribution in [3.63, 3.8) is 0 Å². The van der Waals surface area contributed by atoms with Crippen LogP contribution in [0, 0.1) is 5.92 Å². The smallest absolute Gasteiger partial charge is 0.222 e. The van der Waals surface area contributed by atoms with Gasteiger partial charge in [-0.05, 0) is 45.8 Å². The molecular formula is C13H25N3O. The van der Waals surface area contributed by atoms with E-state index in [0.29, 0.717) is 17.9 Å². The number of rotatable bonds is 2. The van der Waals surface area contributed by atoms with Crippen LogP contribution in [0.1, 0.15) is 26.2 Å². The zero-order valence-electron chi connectivity index (χ0n) is 11.1. The third kappa shape index (κ3) is 3.68. The van der Waals surface area contributed by atoms with Crippen LogP contribution < -0.4 is 5.32 Å². The largest absolute Gasteiger partial charge is 0.340 e. The Labute approximate surface area is 104 Å². The molecule has 2 saturated heterocycles. The first-order valence-electron chi connectivity index (χ1n) is 6.85. The highest BCUT2D eigenvalue weighted by atomic mass is 16.2. The summed E-state index contributed by atoms with van der Waals surface area (Å²) in [6.45, 7) is 7.16. The molecule has 1 atom stereocenters. The van der Waals surface area contributed by atoms with E-state index in [0.717, 1.165) is 39.1 Å². The summed E-state index contributed by atoms with van der Waals surface area (Å²) in [6, 6.07) is 0.449. The SMILES string of the molecule is CC1CN(C(=O)CC2CCN(C)CC2)CCN1. The number of likely N-dealkylation sites (tertiary alicyclic amines) is 1. The van der Waals surface area contributed by atoms with E-state index >= 15 is 0 Å². The highest BCUT2D eigenvalue weighted by Gasteiger charge is 2.24. The Kier molecular flexibility index (Phi) is 4.40. The predicted octanol–water partition coefficient (Wildman–Crippen LogP) is 0.539. The minimum Gasteiger partial charge on any atom is -0.340 e. The van der Waals surface area contributed by atoms with Crippen LogP contribution in [0.3, 0.4) is 0 Å². The van der Waals surface area contributed by atoms with Gasteiger partial charge >= 0.3 is 0 Å². The lowest BCUT2D eigenvalue weighted by atomic mass is 9.93. The zero-order valence-corrected chi connectivity index (χ0v) is 11.1. The lowest BCUT2D eigenvalue weighted by Crippen LogP contribution is -2.51. The number of hydrogen-bond donors (Lipinski definition) is 1. The molecule has 2 aliphatic heterocycles. The van der Waals surface area contributed by atoms with Crippen LogP contribution in [-0.4, -0.2) is 61.5 Å². The fraction of sp³-hybridized carbons (Fsp3) is 0.923. The molecule has 2 aliphatic rings. The van der Waals surface area contributed by atoms with E-state index < -0.39 is 0 Å². The van der Waals surface area contributed by atoms with E-state index in [-0.39, 0.29) is 0 Å². The molecule has 0 aliphatic carbocycles. The Morgan fingerprint density at radius 3 is 2.65 bits per heavy atom. The molecule has 0 aromatic rings. The number of nitrogens with one attached hydrogen (secondary N) is 1. The summed E-state index contributed by atoms with van der Waals surface area (Å²) in [4.78, 5) is 16.6. The fourth-order valence-electron chi connectivity index (χ4n) is 2.80. The number of amides is 1. The molecule has 2 heterocycles. The molecule has 0 aromatic heterocycles. The minimum atomic E-state index is 0.368. The van der Waals surface area contributed by atoms with E-state index in [1.807, 2.05) is 4.90 Å². The molecule has 2 rings (SSSR count). The van der Waals surface area contributed by atoms with Crippen molar-refractivity contribution >= 4 is 5.91 Å². The van der Waals surface area contributed by atoms with Gasteiger partial charge in [0, 0.05) is 32.1 Å².